The fraction of sp³-hybridized carbons (Fsp3) is 0.226. The lowest BCUT2D eigenvalue weighted by Gasteiger charge is -2.48. The Kier molecular flexibility index (Phi) is 7.77. The largest absolute Gasteiger partial charge is 0.573 e. The number of para-hydroxylation sites is 4. The van der Waals surface area contributed by atoms with Crippen LogP contribution < -0.4 is 19.1 Å². The maximum Gasteiger partial charge on any atom is 0.573 e. The minimum absolute atomic E-state index is 0.189. The fourth-order valence-corrected chi connectivity index (χ4v) is 6.83. The van der Waals surface area contributed by atoms with E-state index in [0.717, 1.165) is 41.2 Å². The van der Waals surface area contributed by atoms with Crippen molar-refractivity contribution >= 4 is 21.4 Å². The highest BCUT2D eigenvalue weighted by Crippen LogP contribution is 2.48. The summed E-state index contributed by atoms with van der Waals surface area (Å²) in [7, 11) is -4.24. The maximum absolute atomic E-state index is 13.4. The van der Waals surface area contributed by atoms with Crippen molar-refractivity contribution in [1.29, 1.82) is 0 Å². The Bertz CT molecular complexity index is 1640. The standard InChI is InChI=1S/C31H28F3N3O5S/c32-31(33,34)42-22-14-16-23(17-15-22)43(39,40)35-24-19-36(18-21-8-2-1-3-9-21)20-27(30(24)38)37-25-10-4-6-12-28(25)41-29-13-7-5-11-26(29)37/h1-17,24,27,30,35,38H,18-20H2/t24-,27+,30+/m1/s1. The number of fused-ring (bicyclic) bond motifs is 2. The van der Waals surface area contributed by atoms with Gasteiger partial charge in [0.15, 0.2) is 11.5 Å². The number of hydrogen-bond acceptors (Lipinski definition) is 7. The summed E-state index contributed by atoms with van der Waals surface area (Å²) >= 11 is 0. The lowest BCUT2D eigenvalue weighted by molar-refractivity contribution is -0.274. The quantitative estimate of drug-likeness (QED) is 0.288. The molecule has 0 bridgehead atoms. The second-order valence-electron chi connectivity index (χ2n) is 10.4. The number of rotatable bonds is 7. The molecule has 12 heteroatoms. The van der Waals surface area contributed by atoms with Crippen LogP contribution in [0.4, 0.5) is 24.5 Å². The molecule has 0 spiro atoms. The number of benzene rings is 4. The minimum atomic E-state index is -4.90. The molecular formula is C31H28F3N3O5S. The number of nitrogens with one attached hydrogen (secondary N) is 1. The Morgan fingerprint density at radius 3 is 2.02 bits per heavy atom. The monoisotopic (exact) mass is 611 g/mol. The number of aliphatic hydroxyl groups is 1. The number of alkyl halides is 3. The zero-order valence-electron chi connectivity index (χ0n) is 22.7. The summed E-state index contributed by atoms with van der Waals surface area (Å²) in [5.41, 5.74) is 2.48. The number of anilines is 2. The molecule has 0 amide bonds. The lowest BCUT2D eigenvalue weighted by Crippen LogP contribution is -2.65. The molecule has 43 heavy (non-hydrogen) atoms. The van der Waals surface area contributed by atoms with Crippen LogP contribution in [0.1, 0.15) is 5.56 Å². The summed E-state index contributed by atoms with van der Waals surface area (Å²) in [6.45, 7) is 1.09. The molecule has 0 aromatic heterocycles. The van der Waals surface area contributed by atoms with E-state index in [4.69, 9.17) is 4.74 Å². The van der Waals surface area contributed by atoms with Gasteiger partial charge < -0.3 is 19.5 Å². The van der Waals surface area contributed by atoms with Crippen LogP contribution in [0.2, 0.25) is 0 Å². The van der Waals surface area contributed by atoms with Crippen molar-refractivity contribution < 1.29 is 36.2 Å². The zero-order chi connectivity index (χ0) is 30.2. The van der Waals surface area contributed by atoms with Crippen LogP contribution >= 0.6 is 0 Å². The highest BCUT2D eigenvalue weighted by Gasteiger charge is 2.43. The van der Waals surface area contributed by atoms with Gasteiger partial charge in [-0.05, 0) is 54.1 Å². The van der Waals surface area contributed by atoms with Crippen LogP contribution in [0.15, 0.2) is 108 Å². The number of ether oxygens (including phenoxy) is 2. The summed E-state index contributed by atoms with van der Waals surface area (Å²) in [5, 5.41) is 11.8. The van der Waals surface area contributed by atoms with Crippen molar-refractivity contribution in [3.63, 3.8) is 0 Å². The molecule has 1 fully saturated rings. The van der Waals surface area contributed by atoms with Crippen molar-refractivity contribution in [2.75, 3.05) is 18.0 Å². The average molecular weight is 612 g/mol. The summed E-state index contributed by atoms with van der Waals surface area (Å²) in [6.07, 6.45) is -6.08. The first-order chi connectivity index (χ1) is 20.6. The molecule has 0 unspecified atom stereocenters. The minimum Gasteiger partial charge on any atom is -0.453 e. The molecule has 1 saturated heterocycles. The number of nitrogens with zero attached hydrogens (tertiary/aromatic N) is 2. The van der Waals surface area contributed by atoms with Gasteiger partial charge in [-0.1, -0.05) is 54.6 Å². The molecule has 2 N–H and O–H groups in total. The summed E-state index contributed by atoms with van der Waals surface area (Å²) < 4.78 is 77.3. The predicted octanol–water partition coefficient (Wildman–Crippen LogP) is 5.42. The Balaban J connectivity index is 1.34. The molecule has 224 valence electrons. The van der Waals surface area contributed by atoms with E-state index in [1.54, 1.807) is 0 Å². The van der Waals surface area contributed by atoms with Gasteiger partial charge in [-0.15, -0.1) is 13.2 Å². The third kappa shape index (κ3) is 6.32. The first-order valence-electron chi connectivity index (χ1n) is 13.5. The molecule has 2 aliphatic rings. The van der Waals surface area contributed by atoms with Crippen LogP contribution in [0, 0.1) is 0 Å². The number of sulfonamides is 1. The molecule has 0 aliphatic carbocycles. The van der Waals surface area contributed by atoms with Gasteiger partial charge in [-0.25, -0.2) is 13.1 Å². The summed E-state index contributed by atoms with van der Waals surface area (Å²) in [4.78, 5) is 3.80. The first kappa shape index (κ1) is 29.0. The van der Waals surface area contributed by atoms with E-state index < -0.39 is 40.3 Å². The fourth-order valence-electron chi connectivity index (χ4n) is 5.59. The van der Waals surface area contributed by atoms with E-state index in [-0.39, 0.29) is 11.4 Å². The van der Waals surface area contributed by atoms with E-state index in [1.807, 2.05) is 83.8 Å². The van der Waals surface area contributed by atoms with Crippen molar-refractivity contribution in [3.8, 4) is 17.2 Å². The van der Waals surface area contributed by atoms with Crippen molar-refractivity contribution in [1.82, 2.24) is 9.62 Å². The van der Waals surface area contributed by atoms with Crippen LogP contribution in [-0.4, -0.2) is 56.1 Å². The van der Waals surface area contributed by atoms with Crippen molar-refractivity contribution in [3.05, 3.63) is 109 Å². The van der Waals surface area contributed by atoms with Gasteiger partial charge in [-0.3, -0.25) is 4.90 Å². The van der Waals surface area contributed by atoms with Crippen molar-refractivity contribution in [2.45, 2.75) is 36.0 Å². The molecule has 2 heterocycles. The Morgan fingerprint density at radius 2 is 1.42 bits per heavy atom. The van der Waals surface area contributed by atoms with Crippen LogP contribution in [-0.2, 0) is 16.6 Å². The summed E-state index contributed by atoms with van der Waals surface area (Å²) in [5.74, 6) is 0.668. The number of halogens is 3. The Hall–Kier alpha value is -4.10. The normalized spacial score (nSPS) is 20.6. The van der Waals surface area contributed by atoms with Gasteiger partial charge in [0.05, 0.1) is 34.5 Å². The SMILES string of the molecule is O=S(=O)(N[C@@H]1CN(Cc2ccccc2)C[C@H](N2c3ccccc3Oc3ccccc32)[C@H]1O)c1ccc(OC(F)(F)F)cc1. The topological polar surface area (TPSA) is 91.3 Å². The molecule has 2 aliphatic heterocycles. The third-order valence-corrected chi connectivity index (χ3v) is 8.94. The first-order valence-corrected chi connectivity index (χ1v) is 15.0. The average Bonchev–Trinajstić information content (AvgIpc) is 2.97. The molecule has 4 aromatic rings. The van der Waals surface area contributed by atoms with Crippen LogP contribution in [0.25, 0.3) is 0 Å². The molecule has 8 nitrogen and oxygen atoms in total. The Labute approximate surface area is 246 Å². The number of aliphatic hydroxyl groups excluding tert-OH is 1. The molecular weight excluding hydrogens is 583 g/mol. The van der Waals surface area contributed by atoms with Gasteiger partial charge in [-0.2, -0.15) is 0 Å². The highest BCUT2D eigenvalue weighted by molar-refractivity contribution is 7.89. The molecule has 3 atom stereocenters. The van der Waals surface area contributed by atoms with Gasteiger partial charge >= 0.3 is 6.36 Å². The van der Waals surface area contributed by atoms with Gasteiger partial charge in [0.25, 0.3) is 0 Å². The smallest absolute Gasteiger partial charge is 0.453 e. The summed E-state index contributed by atoms with van der Waals surface area (Å²) in [6, 6.07) is 27.0. The molecule has 6 rings (SSSR count). The van der Waals surface area contributed by atoms with Gasteiger partial charge in [0.2, 0.25) is 10.0 Å². The van der Waals surface area contributed by atoms with Crippen LogP contribution in [0.5, 0.6) is 17.2 Å². The van der Waals surface area contributed by atoms with Crippen molar-refractivity contribution in [2.24, 2.45) is 0 Å². The predicted molar refractivity (Wildman–Crippen MR) is 154 cm³/mol. The van der Waals surface area contributed by atoms with Crippen LogP contribution in [0.3, 0.4) is 0 Å². The molecule has 4 aromatic carbocycles. The second kappa shape index (κ2) is 11.5. The van der Waals surface area contributed by atoms with E-state index in [2.05, 4.69) is 14.4 Å². The lowest BCUT2D eigenvalue weighted by atomic mass is 9.94. The van der Waals surface area contributed by atoms with Gasteiger partial charge in [0, 0.05) is 19.6 Å². The zero-order valence-corrected chi connectivity index (χ0v) is 23.5. The Morgan fingerprint density at radius 1 is 0.837 bits per heavy atom. The molecule has 0 saturated carbocycles. The van der Waals surface area contributed by atoms with E-state index in [9.17, 15) is 26.7 Å². The van der Waals surface area contributed by atoms with E-state index >= 15 is 0 Å². The second-order valence-corrected chi connectivity index (χ2v) is 12.1. The molecule has 0 radical (unpaired) electrons. The number of likely N-dealkylation sites (tertiary alicyclic amines) is 1. The van der Waals surface area contributed by atoms with E-state index in [0.29, 0.717) is 24.6 Å². The van der Waals surface area contributed by atoms with E-state index in [1.165, 1.54) is 0 Å². The third-order valence-electron chi connectivity index (χ3n) is 7.43. The van der Waals surface area contributed by atoms with Gasteiger partial charge in [0.1, 0.15) is 5.75 Å². The highest BCUT2D eigenvalue weighted by atomic mass is 32.2. The number of hydrogen-bond donors (Lipinski definition) is 2. The maximum atomic E-state index is 13.4. The number of piperidine rings is 1.